The summed E-state index contributed by atoms with van der Waals surface area (Å²) in [4.78, 5) is 16.2. The second-order valence-corrected chi connectivity index (χ2v) is 9.27. The van der Waals surface area contributed by atoms with Gasteiger partial charge in [0.1, 0.15) is 17.1 Å². The van der Waals surface area contributed by atoms with Crippen molar-refractivity contribution in [1.82, 2.24) is 14.8 Å². The van der Waals surface area contributed by atoms with Crippen molar-refractivity contribution in [3.05, 3.63) is 47.4 Å². The third-order valence-corrected chi connectivity index (χ3v) is 6.82. The Morgan fingerprint density at radius 3 is 2.50 bits per heavy atom. The summed E-state index contributed by atoms with van der Waals surface area (Å²) in [7, 11) is 1.47. The molecule has 9 heteroatoms. The van der Waals surface area contributed by atoms with Gasteiger partial charge in [0.25, 0.3) is 5.91 Å². The molecule has 1 N–H and O–H groups in total. The van der Waals surface area contributed by atoms with Crippen molar-refractivity contribution < 1.29 is 22.7 Å². The number of rotatable bonds is 5. The van der Waals surface area contributed by atoms with Gasteiger partial charge in [-0.1, -0.05) is 19.9 Å². The van der Waals surface area contributed by atoms with Gasteiger partial charge in [-0.2, -0.15) is 18.3 Å². The van der Waals surface area contributed by atoms with E-state index in [4.69, 9.17) is 9.84 Å². The van der Waals surface area contributed by atoms with E-state index >= 15 is 0 Å². The summed E-state index contributed by atoms with van der Waals surface area (Å²) in [6.45, 7) is 6.54. The van der Waals surface area contributed by atoms with Crippen molar-refractivity contribution in [2.24, 2.45) is 11.8 Å². The van der Waals surface area contributed by atoms with Crippen LogP contribution in [-0.4, -0.2) is 27.8 Å². The normalized spacial score (nSPS) is 18.9. The highest BCUT2D eigenvalue weighted by Gasteiger charge is 2.33. The number of anilines is 1. The fourth-order valence-electron chi connectivity index (χ4n) is 4.80. The van der Waals surface area contributed by atoms with Crippen LogP contribution >= 0.6 is 0 Å². The van der Waals surface area contributed by atoms with Gasteiger partial charge in [0.05, 0.1) is 24.4 Å². The number of carbonyl (C=O) groups excluding carboxylic acids is 1. The molecule has 0 unspecified atom stereocenters. The Morgan fingerprint density at radius 1 is 1.18 bits per heavy atom. The number of alkyl halides is 3. The molecule has 1 amide bonds. The van der Waals surface area contributed by atoms with Crippen LogP contribution in [0.25, 0.3) is 10.9 Å². The summed E-state index contributed by atoms with van der Waals surface area (Å²) >= 11 is 0. The fourth-order valence-corrected chi connectivity index (χ4v) is 4.80. The number of hydrogen-bond acceptors (Lipinski definition) is 4. The molecule has 1 aliphatic carbocycles. The van der Waals surface area contributed by atoms with Crippen LogP contribution in [0.4, 0.5) is 18.9 Å². The van der Waals surface area contributed by atoms with E-state index in [1.54, 1.807) is 12.1 Å². The number of methoxy groups -OCH3 is 1. The summed E-state index contributed by atoms with van der Waals surface area (Å²) in [6.07, 6.45) is -0.147. The summed E-state index contributed by atoms with van der Waals surface area (Å²) in [5.74, 6) is 1.05. The Bertz CT molecular complexity index is 1190. The van der Waals surface area contributed by atoms with Crippen LogP contribution in [0, 0.1) is 18.8 Å². The van der Waals surface area contributed by atoms with Crippen LogP contribution in [-0.2, 0) is 6.18 Å². The first-order valence-corrected chi connectivity index (χ1v) is 11.5. The highest BCUT2D eigenvalue weighted by Crippen LogP contribution is 2.39. The van der Waals surface area contributed by atoms with Gasteiger partial charge < -0.3 is 10.1 Å². The average molecular weight is 475 g/mol. The van der Waals surface area contributed by atoms with Crippen LogP contribution < -0.4 is 10.1 Å². The lowest BCUT2D eigenvalue weighted by Crippen LogP contribution is -2.22. The van der Waals surface area contributed by atoms with Crippen molar-refractivity contribution in [3.63, 3.8) is 0 Å². The first-order chi connectivity index (χ1) is 16.1. The van der Waals surface area contributed by atoms with E-state index in [1.807, 2.05) is 6.92 Å². The van der Waals surface area contributed by atoms with Crippen molar-refractivity contribution in [1.29, 1.82) is 0 Å². The molecular weight excluding hydrogens is 445 g/mol. The van der Waals surface area contributed by atoms with Crippen molar-refractivity contribution in [3.8, 4) is 5.75 Å². The minimum atomic E-state index is -4.63. The van der Waals surface area contributed by atoms with E-state index in [0.717, 1.165) is 47.5 Å². The standard InChI is InChI=1S/C25H29F3N4O2/c1-14(2)16-8-10-17(11-9-16)32-15(3)18-12-21(22(34-4)13-20(18)31-32)30-24(33)19-6-5-7-23(29-19)25(26,27)28/h5-7,12-14,16-17H,8-11H2,1-4H3,(H,30,33)/t16-,17-. The zero-order valence-corrected chi connectivity index (χ0v) is 19.7. The fraction of sp³-hybridized carbons (Fsp3) is 0.480. The van der Waals surface area contributed by atoms with Crippen LogP contribution in [0.2, 0.25) is 0 Å². The Balaban J connectivity index is 1.62. The van der Waals surface area contributed by atoms with Crippen molar-refractivity contribution in [2.45, 2.75) is 58.7 Å². The highest BCUT2D eigenvalue weighted by molar-refractivity contribution is 6.05. The Labute approximate surface area is 196 Å². The first kappa shape index (κ1) is 24.0. The zero-order valence-electron chi connectivity index (χ0n) is 19.7. The topological polar surface area (TPSA) is 69.0 Å². The number of carbonyl (C=O) groups is 1. The number of hydrogen-bond donors (Lipinski definition) is 1. The van der Waals surface area contributed by atoms with E-state index in [-0.39, 0.29) is 5.69 Å². The molecule has 0 bridgehead atoms. The number of ether oxygens (including phenoxy) is 1. The van der Waals surface area contributed by atoms with Gasteiger partial charge in [-0.05, 0) is 62.6 Å². The van der Waals surface area contributed by atoms with Crippen LogP contribution in [0.15, 0.2) is 30.3 Å². The number of pyridine rings is 1. The lowest BCUT2D eigenvalue weighted by atomic mass is 9.80. The highest BCUT2D eigenvalue weighted by atomic mass is 19.4. The SMILES string of the molecule is COc1cc2nn([C@H]3CC[C@H](C(C)C)CC3)c(C)c2cc1NC(=O)c1cccc(C(F)(F)F)n1. The Hall–Kier alpha value is -3.10. The smallest absolute Gasteiger partial charge is 0.433 e. The van der Waals surface area contributed by atoms with E-state index in [1.165, 1.54) is 26.0 Å². The molecule has 1 aromatic carbocycles. The summed E-state index contributed by atoms with van der Waals surface area (Å²) in [5.41, 5.74) is 0.637. The zero-order chi connectivity index (χ0) is 24.6. The van der Waals surface area contributed by atoms with E-state index < -0.39 is 17.8 Å². The quantitative estimate of drug-likeness (QED) is 0.464. The molecule has 182 valence electrons. The number of benzene rings is 1. The van der Waals surface area contributed by atoms with E-state index in [9.17, 15) is 18.0 Å². The van der Waals surface area contributed by atoms with Gasteiger partial charge in [-0.25, -0.2) is 4.98 Å². The Kier molecular flexibility index (Phi) is 6.55. The number of halogens is 3. The first-order valence-electron chi connectivity index (χ1n) is 11.5. The molecule has 3 aromatic rings. The maximum atomic E-state index is 13.0. The molecule has 6 nitrogen and oxygen atoms in total. The lowest BCUT2D eigenvalue weighted by molar-refractivity contribution is -0.141. The minimum Gasteiger partial charge on any atom is -0.494 e. The molecule has 1 aliphatic rings. The maximum Gasteiger partial charge on any atom is 0.433 e. The molecule has 1 fully saturated rings. The number of aryl methyl sites for hydroxylation is 1. The van der Waals surface area contributed by atoms with Crippen molar-refractivity contribution in [2.75, 3.05) is 12.4 Å². The maximum absolute atomic E-state index is 13.0. The van der Waals surface area contributed by atoms with Gasteiger partial charge >= 0.3 is 6.18 Å². The van der Waals surface area contributed by atoms with Gasteiger partial charge in [0.2, 0.25) is 0 Å². The van der Waals surface area contributed by atoms with Crippen LogP contribution in [0.1, 0.15) is 67.4 Å². The van der Waals surface area contributed by atoms with Crippen molar-refractivity contribution >= 4 is 22.5 Å². The average Bonchev–Trinajstić information content (AvgIpc) is 3.13. The largest absolute Gasteiger partial charge is 0.494 e. The second-order valence-electron chi connectivity index (χ2n) is 9.27. The third kappa shape index (κ3) is 4.74. The van der Waals surface area contributed by atoms with E-state index in [0.29, 0.717) is 23.4 Å². The minimum absolute atomic E-state index is 0.320. The lowest BCUT2D eigenvalue weighted by Gasteiger charge is -2.31. The molecule has 0 spiro atoms. The molecule has 0 aliphatic heterocycles. The Morgan fingerprint density at radius 2 is 1.88 bits per heavy atom. The van der Waals surface area contributed by atoms with Gasteiger partial charge in [0, 0.05) is 17.1 Å². The predicted molar refractivity (Wildman–Crippen MR) is 124 cm³/mol. The van der Waals surface area contributed by atoms with E-state index in [2.05, 4.69) is 28.8 Å². The van der Waals surface area contributed by atoms with Crippen LogP contribution in [0.5, 0.6) is 5.75 Å². The summed E-state index contributed by atoms with van der Waals surface area (Å²) < 4.78 is 46.5. The van der Waals surface area contributed by atoms with Gasteiger partial charge in [0.15, 0.2) is 0 Å². The molecule has 34 heavy (non-hydrogen) atoms. The molecule has 2 heterocycles. The number of fused-ring (bicyclic) bond motifs is 1. The number of nitrogens with one attached hydrogen (secondary N) is 1. The second kappa shape index (κ2) is 9.27. The third-order valence-electron chi connectivity index (χ3n) is 6.82. The molecular formula is C25H29F3N4O2. The molecule has 2 aromatic heterocycles. The summed E-state index contributed by atoms with van der Waals surface area (Å²) in [6, 6.07) is 7.06. The van der Waals surface area contributed by atoms with Gasteiger partial charge in [-0.15, -0.1) is 0 Å². The molecule has 4 rings (SSSR count). The molecule has 0 atom stereocenters. The molecule has 0 saturated heterocycles. The van der Waals surface area contributed by atoms with Crippen LogP contribution in [0.3, 0.4) is 0 Å². The molecule has 1 saturated carbocycles. The predicted octanol–water partition coefficient (Wildman–Crippen LogP) is 6.41. The number of amides is 1. The molecule has 0 radical (unpaired) electrons. The number of aromatic nitrogens is 3. The summed E-state index contributed by atoms with van der Waals surface area (Å²) in [5, 5.41) is 8.33. The van der Waals surface area contributed by atoms with Gasteiger partial charge in [-0.3, -0.25) is 9.48 Å². The number of nitrogens with zero attached hydrogens (tertiary/aromatic N) is 3. The monoisotopic (exact) mass is 474 g/mol.